The lowest BCUT2D eigenvalue weighted by molar-refractivity contribution is 0.0807. The molecule has 1 aliphatic carbocycles. The van der Waals surface area contributed by atoms with Gasteiger partial charge in [0.1, 0.15) is 0 Å². The maximum absolute atomic E-state index is 5.78. The van der Waals surface area contributed by atoms with Crippen LogP contribution in [0.5, 0.6) is 0 Å². The van der Waals surface area contributed by atoms with Crippen LogP contribution in [0.1, 0.15) is 30.9 Å². The molecular formula is C14H21NO. The summed E-state index contributed by atoms with van der Waals surface area (Å²) in [7, 11) is 1.82. The fourth-order valence-electron chi connectivity index (χ4n) is 2.13. The Morgan fingerprint density at radius 1 is 1.25 bits per heavy atom. The van der Waals surface area contributed by atoms with Crippen molar-refractivity contribution in [3.63, 3.8) is 0 Å². The molecule has 1 aromatic rings. The minimum absolute atomic E-state index is 0.155. The van der Waals surface area contributed by atoms with Crippen LogP contribution in [0, 0.1) is 0 Å². The summed E-state index contributed by atoms with van der Waals surface area (Å²) < 4.78 is 5.53. The summed E-state index contributed by atoms with van der Waals surface area (Å²) in [4.78, 5) is 0. The van der Waals surface area contributed by atoms with E-state index in [4.69, 9.17) is 10.5 Å². The van der Waals surface area contributed by atoms with Crippen LogP contribution in [0.3, 0.4) is 0 Å². The molecule has 2 rings (SSSR count). The third-order valence-corrected chi connectivity index (χ3v) is 3.35. The monoisotopic (exact) mass is 219 g/mol. The molecule has 1 saturated carbocycles. The van der Waals surface area contributed by atoms with Crippen LogP contribution in [-0.4, -0.2) is 18.8 Å². The third-order valence-electron chi connectivity index (χ3n) is 3.35. The summed E-state index contributed by atoms with van der Waals surface area (Å²) in [6, 6.07) is 9.02. The summed E-state index contributed by atoms with van der Waals surface area (Å²) in [5.41, 5.74) is 8.62. The topological polar surface area (TPSA) is 35.2 Å². The van der Waals surface area contributed by atoms with Crippen LogP contribution < -0.4 is 5.73 Å². The minimum atomic E-state index is 0.155. The Morgan fingerprint density at radius 2 is 1.81 bits per heavy atom. The van der Waals surface area contributed by atoms with E-state index in [1.165, 1.54) is 24.0 Å². The molecule has 2 N–H and O–H groups in total. The highest BCUT2D eigenvalue weighted by Gasteiger charge is 2.42. The number of nitrogens with two attached hydrogens (primary N) is 1. The molecule has 0 saturated heterocycles. The van der Waals surface area contributed by atoms with E-state index in [0.717, 1.165) is 12.8 Å². The van der Waals surface area contributed by atoms with E-state index in [2.05, 4.69) is 24.3 Å². The Balaban J connectivity index is 1.97. The van der Waals surface area contributed by atoms with Crippen molar-refractivity contribution in [3.8, 4) is 0 Å². The first kappa shape index (κ1) is 11.6. The van der Waals surface area contributed by atoms with E-state index in [1.807, 2.05) is 14.0 Å². The van der Waals surface area contributed by atoms with Crippen molar-refractivity contribution < 1.29 is 4.74 Å². The minimum Gasteiger partial charge on any atom is -0.378 e. The molecular weight excluding hydrogens is 198 g/mol. The van der Waals surface area contributed by atoms with Crippen molar-refractivity contribution in [2.45, 2.75) is 44.2 Å². The van der Waals surface area contributed by atoms with Crippen molar-refractivity contribution in [2.24, 2.45) is 5.73 Å². The fourth-order valence-corrected chi connectivity index (χ4v) is 2.13. The van der Waals surface area contributed by atoms with Gasteiger partial charge in [0, 0.05) is 19.6 Å². The van der Waals surface area contributed by atoms with E-state index in [0.29, 0.717) is 0 Å². The molecule has 1 aliphatic rings. The zero-order valence-electron chi connectivity index (χ0n) is 10.2. The number of methoxy groups -OCH3 is 1. The molecule has 2 nitrogen and oxygen atoms in total. The standard InChI is InChI=1S/C14H21NO/c1-11(15)9-12-3-5-13(6-4-12)10-14(16-2)7-8-14/h3-6,11H,7-10,15H2,1-2H3. The molecule has 1 aromatic carbocycles. The van der Waals surface area contributed by atoms with Crippen LogP contribution in [0.2, 0.25) is 0 Å². The van der Waals surface area contributed by atoms with Gasteiger partial charge in [0.2, 0.25) is 0 Å². The Morgan fingerprint density at radius 3 is 2.25 bits per heavy atom. The largest absolute Gasteiger partial charge is 0.378 e. The Kier molecular flexibility index (Phi) is 3.31. The molecule has 0 spiro atoms. The lowest BCUT2D eigenvalue weighted by Crippen LogP contribution is -2.18. The second kappa shape index (κ2) is 4.56. The van der Waals surface area contributed by atoms with Gasteiger partial charge in [-0.2, -0.15) is 0 Å². The first-order chi connectivity index (χ1) is 7.63. The van der Waals surface area contributed by atoms with Gasteiger partial charge in [-0.25, -0.2) is 0 Å². The van der Waals surface area contributed by atoms with Gasteiger partial charge in [0.15, 0.2) is 0 Å². The second-order valence-electron chi connectivity index (χ2n) is 5.06. The van der Waals surface area contributed by atoms with Gasteiger partial charge in [-0.1, -0.05) is 24.3 Å². The molecule has 0 amide bonds. The first-order valence-electron chi connectivity index (χ1n) is 6.02. The average Bonchev–Trinajstić information content (AvgIpc) is 3.01. The summed E-state index contributed by atoms with van der Waals surface area (Å²) in [6.45, 7) is 2.04. The molecule has 16 heavy (non-hydrogen) atoms. The van der Waals surface area contributed by atoms with Gasteiger partial charge in [-0.15, -0.1) is 0 Å². The number of hydrogen-bond donors (Lipinski definition) is 1. The lowest BCUT2D eigenvalue weighted by Gasteiger charge is -2.13. The zero-order chi connectivity index (χ0) is 11.6. The maximum Gasteiger partial charge on any atom is 0.0721 e. The average molecular weight is 219 g/mol. The van der Waals surface area contributed by atoms with E-state index >= 15 is 0 Å². The summed E-state index contributed by atoms with van der Waals surface area (Å²) in [5.74, 6) is 0. The number of benzene rings is 1. The van der Waals surface area contributed by atoms with Crippen molar-refractivity contribution in [2.75, 3.05) is 7.11 Å². The van der Waals surface area contributed by atoms with Crippen molar-refractivity contribution in [3.05, 3.63) is 35.4 Å². The van der Waals surface area contributed by atoms with E-state index in [-0.39, 0.29) is 11.6 Å². The quantitative estimate of drug-likeness (QED) is 0.824. The Labute approximate surface area is 97.8 Å². The van der Waals surface area contributed by atoms with Crippen LogP contribution >= 0.6 is 0 Å². The molecule has 2 heteroatoms. The van der Waals surface area contributed by atoms with Crippen molar-refractivity contribution >= 4 is 0 Å². The maximum atomic E-state index is 5.78. The number of rotatable bonds is 5. The molecule has 1 atom stereocenters. The van der Waals surface area contributed by atoms with Gasteiger partial charge in [-0.3, -0.25) is 0 Å². The molecule has 1 fully saturated rings. The van der Waals surface area contributed by atoms with Crippen molar-refractivity contribution in [1.82, 2.24) is 0 Å². The van der Waals surface area contributed by atoms with Crippen LogP contribution in [0.4, 0.5) is 0 Å². The highest BCUT2D eigenvalue weighted by Crippen LogP contribution is 2.41. The summed E-state index contributed by atoms with van der Waals surface area (Å²) in [5, 5.41) is 0. The second-order valence-corrected chi connectivity index (χ2v) is 5.06. The van der Waals surface area contributed by atoms with Crippen molar-refractivity contribution in [1.29, 1.82) is 0 Å². The highest BCUT2D eigenvalue weighted by molar-refractivity contribution is 5.25. The number of ether oxygens (including phenoxy) is 1. The van der Waals surface area contributed by atoms with Crippen LogP contribution in [0.15, 0.2) is 24.3 Å². The van der Waals surface area contributed by atoms with Crippen LogP contribution in [-0.2, 0) is 17.6 Å². The molecule has 88 valence electrons. The SMILES string of the molecule is COC1(Cc2ccc(CC(C)N)cc2)CC1. The molecule has 0 heterocycles. The van der Waals surface area contributed by atoms with E-state index in [9.17, 15) is 0 Å². The third kappa shape index (κ3) is 2.83. The summed E-state index contributed by atoms with van der Waals surface area (Å²) in [6.07, 6.45) is 4.40. The molecule has 0 aliphatic heterocycles. The van der Waals surface area contributed by atoms with Gasteiger partial charge in [-0.05, 0) is 37.3 Å². The molecule has 0 aromatic heterocycles. The molecule has 0 bridgehead atoms. The van der Waals surface area contributed by atoms with Crippen LogP contribution in [0.25, 0.3) is 0 Å². The molecule has 1 unspecified atom stereocenters. The smallest absolute Gasteiger partial charge is 0.0721 e. The van der Waals surface area contributed by atoms with E-state index in [1.54, 1.807) is 0 Å². The normalized spacial score (nSPS) is 19.4. The zero-order valence-corrected chi connectivity index (χ0v) is 10.2. The predicted molar refractivity (Wildman–Crippen MR) is 66.5 cm³/mol. The predicted octanol–water partition coefficient (Wildman–Crippen LogP) is 2.30. The van der Waals surface area contributed by atoms with Gasteiger partial charge in [0.25, 0.3) is 0 Å². The molecule has 0 radical (unpaired) electrons. The highest BCUT2D eigenvalue weighted by atomic mass is 16.5. The first-order valence-corrected chi connectivity index (χ1v) is 6.02. The number of hydrogen-bond acceptors (Lipinski definition) is 2. The Bertz CT molecular complexity index is 338. The lowest BCUT2D eigenvalue weighted by atomic mass is 10.0. The van der Waals surface area contributed by atoms with Gasteiger partial charge >= 0.3 is 0 Å². The van der Waals surface area contributed by atoms with Gasteiger partial charge in [0.05, 0.1) is 5.60 Å². The summed E-state index contributed by atoms with van der Waals surface area (Å²) >= 11 is 0. The van der Waals surface area contributed by atoms with Gasteiger partial charge < -0.3 is 10.5 Å². The Hall–Kier alpha value is -0.860. The fraction of sp³-hybridized carbons (Fsp3) is 0.571. The van der Waals surface area contributed by atoms with E-state index < -0.39 is 0 Å².